The summed E-state index contributed by atoms with van der Waals surface area (Å²) in [5, 5.41) is 0. The van der Waals surface area contributed by atoms with Gasteiger partial charge in [0, 0.05) is 12.8 Å². The van der Waals surface area contributed by atoms with E-state index in [1.54, 1.807) is 0 Å². The van der Waals surface area contributed by atoms with Crippen LogP contribution in [0.4, 0.5) is 0 Å². The first-order valence-electron chi connectivity index (χ1n) is 31.6. The molecule has 0 aromatic heterocycles. The third kappa shape index (κ3) is 63.1. The van der Waals surface area contributed by atoms with Gasteiger partial charge < -0.3 is 18.9 Å². The number of quaternary nitrogens is 1. The Kier molecular flexibility index (Phi) is 56.5. The molecule has 2 atom stereocenters. The van der Waals surface area contributed by atoms with Crippen molar-refractivity contribution in [3.05, 3.63) is 146 Å². The summed E-state index contributed by atoms with van der Waals surface area (Å²) >= 11 is 0. The van der Waals surface area contributed by atoms with Crippen molar-refractivity contribution >= 4 is 19.8 Å². The van der Waals surface area contributed by atoms with E-state index in [0.29, 0.717) is 23.9 Å². The summed E-state index contributed by atoms with van der Waals surface area (Å²) in [6.07, 6.45) is 88.1. The molecule has 0 rings (SSSR count). The number of carbonyl (C=O) groups is 2. The van der Waals surface area contributed by atoms with Gasteiger partial charge in [-0.2, -0.15) is 0 Å². The summed E-state index contributed by atoms with van der Waals surface area (Å²) in [6, 6.07) is 0. The average Bonchev–Trinajstić information content (AvgIpc) is 3.42. The first-order chi connectivity index (χ1) is 39.0. The Morgan fingerprint density at radius 1 is 0.388 bits per heavy atom. The molecule has 0 amide bonds. The molecule has 0 aliphatic rings. The lowest BCUT2D eigenvalue weighted by Gasteiger charge is -2.24. The number of nitrogens with zero attached hydrogens (tertiary/aromatic N) is 1. The lowest BCUT2D eigenvalue weighted by atomic mass is 10.0. The number of unbranched alkanes of at least 4 members (excludes halogenated alkanes) is 18. The molecule has 2 unspecified atom stereocenters. The van der Waals surface area contributed by atoms with Gasteiger partial charge in [-0.05, 0) is 116 Å². The molecule has 0 aliphatic heterocycles. The molecule has 0 aromatic rings. The third-order valence-corrected chi connectivity index (χ3v) is 13.8. The van der Waals surface area contributed by atoms with Gasteiger partial charge in [0.2, 0.25) is 0 Å². The fourth-order valence-corrected chi connectivity index (χ4v) is 8.82. The van der Waals surface area contributed by atoms with E-state index in [0.717, 1.165) is 109 Å². The molecule has 0 saturated carbocycles. The fourth-order valence-electron chi connectivity index (χ4n) is 8.08. The van der Waals surface area contributed by atoms with Gasteiger partial charge in [0.05, 0.1) is 27.7 Å². The quantitative estimate of drug-likeness (QED) is 0.0211. The molecule has 0 saturated heterocycles. The van der Waals surface area contributed by atoms with Crippen molar-refractivity contribution in [3.8, 4) is 0 Å². The number of ether oxygens (including phenoxy) is 2. The van der Waals surface area contributed by atoms with E-state index < -0.39 is 32.5 Å². The Morgan fingerprint density at radius 3 is 1.02 bits per heavy atom. The summed E-state index contributed by atoms with van der Waals surface area (Å²) in [5.74, 6) is -0.852. The number of rotatable bonds is 56. The highest BCUT2D eigenvalue weighted by atomic mass is 31.2. The Labute approximate surface area is 491 Å². The Balaban J connectivity index is 4.03. The van der Waals surface area contributed by atoms with Gasteiger partial charge in [0.15, 0.2) is 6.10 Å². The van der Waals surface area contributed by atoms with Crippen LogP contribution in [0.1, 0.15) is 232 Å². The largest absolute Gasteiger partial charge is 0.472 e. The van der Waals surface area contributed by atoms with Crippen molar-refractivity contribution in [2.75, 3.05) is 47.5 Å². The maximum Gasteiger partial charge on any atom is 0.472 e. The van der Waals surface area contributed by atoms with Crippen molar-refractivity contribution in [1.29, 1.82) is 0 Å². The minimum atomic E-state index is -4.40. The molecule has 0 bridgehead atoms. The molecule has 0 aromatic carbocycles. The van der Waals surface area contributed by atoms with E-state index in [1.807, 2.05) is 21.1 Å². The summed E-state index contributed by atoms with van der Waals surface area (Å²) in [4.78, 5) is 35.7. The van der Waals surface area contributed by atoms with Gasteiger partial charge in [-0.1, -0.05) is 250 Å². The highest BCUT2D eigenvalue weighted by molar-refractivity contribution is 7.47. The summed E-state index contributed by atoms with van der Waals surface area (Å²) < 4.78 is 34.5. The number of allylic oxidation sites excluding steroid dienone is 24. The Bertz CT molecular complexity index is 1860. The van der Waals surface area contributed by atoms with Gasteiger partial charge in [-0.15, -0.1) is 0 Å². The predicted molar refractivity (Wildman–Crippen MR) is 343 cm³/mol. The molecule has 0 aliphatic carbocycles. The first kappa shape index (κ1) is 75.9. The number of esters is 2. The predicted octanol–water partition coefficient (Wildman–Crippen LogP) is 20.3. The molecule has 10 heteroatoms. The molecule has 454 valence electrons. The van der Waals surface area contributed by atoms with Crippen molar-refractivity contribution in [3.63, 3.8) is 0 Å². The second-order valence-corrected chi connectivity index (χ2v) is 23.1. The van der Waals surface area contributed by atoms with Crippen LogP contribution in [0, 0.1) is 0 Å². The van der Waals surface area contributed by atoms with E-state index >= 15 is 0 Å². The van der Waals surface area contributed by atoms with Crippen LogP contribution < -0.4 is 0 Å². The van der Waals surface area contributed by atoms with E-state index in [2.05, 4.69) is 160 Å². The Hall–Kier alpha value is -4.11. The zero-order valence-electron chi connectivity index (χ0n) is 51.5. The zero-order valence-corrected chi connectivity index (χ0v) is 52.4. The number of hydrogen-bond donors (Lipinski definition) is 1. The van der Waals surface area contributed by atoms with Gasteiger partial charge in [-0.3, -0.25) is 18.6 Å². The van der Waals surface area contributed by atoms with Crippen molar-refractivity contribution in [2.24, 2.45) is 0 Å². The first-order valence-corrected chi connectivity index (χ1v) is 33.1. The maximum absolute atomic E-state index is 12.8. The molecular formula is C70H117NO8P+. The minimum Gasteiger partial charge on any atom is -0.462 e. The molecule has 0 radical (unpaired) electrons. The second kappa shape index (κ2) is 59.5. The smallest absolute Gasteiger partial charge is 0.462 e. The van der Waals surface area contributed by atoms with Gasteiger partial charge >= 0.3 is 19.8 Å². The minimum absolute atomic E-state index is 0.0191. The van der Waals surface area contributed by atoms with Gasteiger partial charge in [0.25, 0.3) is 0 Å². The van der Waals surface area contributed by atoms with Crippen LogP contribution in [0.2, 0.25) is 0 Å². The monoisotopic (exact) mass is 1130 g/mol. The van der Waals surface area contributed by atoms with Crippen LogP contribution in [0.25, 0.3) is 0 Å². The molecular weight excluding hydrogens is 1010 g/mol. The van der Waals surface area contributed by atoms with Crippen molar-refractivity contribution in [2.45, 2.75) is 238 Å². The molecule has 80 heavy (non-hydrogen) atoms. The highest BCUT2D eigenvalue weighted by Gasteiger charge is 2.27. The van der Waals surface area contributed by atoms with Crippen LogP contribution in [-0.4, -0.2) is 74.9 Å². The lowest BCUT2D eigenvalue weighted by Crippen LogP contribution is -2.37. The normalized spacial score (nSPS) is 14.2. The molecule has 9 nitrogen and oxygen atoms in total. The molecule has 0 fully saturated rings. The van der Waals surface area contributed by atoms with Crippen molar-refractivity contribution < 1.29 is 42.1 Å². The number of likely N-dealkylation sites (N-methyl/N-ethyl adjacent to an activating group) is 1. The molecule has 0 spiro atoms. The fraction of sp³-hybridized carbons (Fsp3) is 0.629. The van der Waals surface area contributed by atoms with E-state index in [4.69, 9.17) is 18.5 Å². The molecule has 1 N–H and O–H groups in total. The van der Waals surface area contributed by atoms with E-state index in [9.17, 15) is 19.0 Å². The van der Waals surface area contributed by atoms with E-state index in [-0.39, 0.29) is 26.1 Å². The van der Waals surface area contributed by atoms with Crippen LogP contribution >= 0.6 is 7.82 Å². The lowest BCUT2D eigenvalue weighted by molar-refractivity contribution is -0.870. The van der Waals surface area contributed by atoms with Gasteiger partial charge in [-0.25, -0.2) is 4.57 Å². The second-order valence-electron chi connectivity index (χ2n) is 21.7. The third-order valence-electron chi connectivity index (χ3n) is 12.9. The number of phosphoric acid groups is 1. The van der Waals surface area contributed by atoms with Crippen molar-refractivity contribution in [1.82, 2.24) is 0 Å². The average molecular weight is 1130 g/mol. The summed E-state index contributed by atoms with van der Waals surface area (Å²) in [7, 11) is 1.44. The van der Waals surface area contributed by atoms with Crippen LogP contribution in [-0.2, 0) is 32.7 Å². The summed E-state index contributed by atoms with van der Waals surface area (Å²) in [5.41, 5.74) is 0. The summed E-state index contributed by atoms with van der Waals surface area (Å²) in [6.45, 7) is 4.14. The Morgan fingerprint density at radius 2 is 0.675 bits per heavy atom. The van der Waals surface area contributed by atoms with Crippen LogP contribution in [0.15, 0.2) is 146 Å². The van der Waals surface area contributed by atoms with Crippen LogP contribution in [0.3, 0.4) is 0 Å². The number of carbonyl (C=O) groups excluding carboxylic acids is 2. The maximum atomic E-state index is 12.8. The SMILES string of the molecule is CC/C=C\C/C=C\C/C=C\C/C=C\C/C=C\C/C=C\C/C=C\C/C=C\CCCCCCCCCCCCCCCCCCC(=O)OC(COC(=O)CCCC/C=C\C/C=C\C/C=C\C/C=C\CC)COP(=O)(O)OCC[N+](C)(C)C. The van der Waals surface area contributed by atoms with E-state index in [1.165, 1.54) is 83.5 Å². The number of phosphoric ester groups is 1. The van der Waals surface area contributed by atoms with Crippen LogP contribution in [0.5, 0.6) is 0 Å². The number of hydrogen-bond acceptors (Lipinski definition) is 7. The standard InChI is InChI=1S/C70H116NO8P/c1-6-8-10-12-14-16-18-20-22-23-24-25-26-27-28-29-30-31-32-33-34-35-36-37-38-39-40-41-42-43-44-45-46-47-49-51-53-55-57-59-61-63-70(73)79-68(67-78-80(74,75)77-65-64-71(3,4)5)66-76-69(72)62-60-58-56-54-52-50-48-21-19-17-15-13-11-9-7-2/h8-11,14-17,20-22,24-25,27-28,30-31,33-34,36-37,48,52,54,68H,6-7,12-13,18-19,23,26,29,32,35,38-47,49-51,53,55-67H2,1-5H3/p+1/b10-8-,11-9-,16-14-,17-15-,22-20-,25-24-,28-27-,31-30-,34-33-,37-36-,48-21-,54-52-. The highest BCUT2D eigenvalue weighted by Crippen LogP contribution is 2.43. The van der Waals surface area contributed by atoms with Gasteiger partial charge in [0.1, 0.15) is 19.8 Å². The zero-order chi connectivity index (χ0) is 58.4. The topological polar surface area (TPSA) is 108 Å². The molecule has 0 heterocycles.